The summed E-state index contributed by atoms with van der Waals surface area (Å²) in [5.41, 5.74) is 0.968. The van der Waals surface area contributed by atoms with Gasteiger partial charge in [-0.25, -0.2) is 9.18 Å². The summed E-state index contributed by atoms with van der Waals surface area (Å²) in [5.74, 6) is -1.42. The van der Waals surface area contributed by atoms with E-state index in [0.29, 0.717) is 24.4 Å². The van der Waals surface area contributed by atoms with Gasteiger partial charge in [-0.2, -0.15) is 0 Å². The van der Waals surface area contributed by atoms with Crippen LogP contribution in [-0.4, -0.2) is 37.4 Å². The summed E-state index contributed by atoms with van der Waals surface area (Å²) in [6, 6.07) is 4.79. The zero-order valence-corrected chi connectivity index (χ0v) is 12.7. The molecule has 1 aromatic carbocycles. The van der Waals surface area contributed by atoms with E-state index in [2.05, 4.69) is 0 Å². The van der Waals surface area contributed by atoms with Crippen molar-refractivity contribution in [2.75, 3.05) is 25.2 Å². The first-order chi connectivity index (χ1) is 10.0. The van der Waals surface area contributed by atoms with Gasteiger partial charge < -0.3 is 14.7 Å². The van der Waals surface area contributed by atoms with E-state index in [-0.39, 0.29) is 11.9 Å². The Kier molecular flexibility index (Phi) is 6.88. The maximum Gasteiger partial charge on any atom is 0.328 e. The van der Waals surface area contributed by atoms with Gasteiger partial charge in [0.2, 0.25) is 0 Å². The van der Waals surface area contributed by atoms with Gasteiger partial charge in [0.25, 0.3) is 0 Å². The Morgan fingerprint density at radius 2 is 2.24 bits per heavy atom. The van der Waals surface area contributed by atoms with Crippen LogP contribution in [0.2, 0.25) is 0 Å². The van der Waals surface area contributed by atoms with Gasteiger partial charge in [0.1, 0.15) is 5.82 Å². The van der Waals surface area contributed by atoms with Gasteiger partial charge in [-0.05, 0) is 25.5 Å². The molecule has 1 atom stereocenters. The van der Waals surface area contributed by atoms with E-state index >= 15 is 0 Å². The summed E-state index contributed by atoms with van der Waals surface area (Å²) in [6.07, 6.45) is 3.28. The molecular formula is C16H22FNO3. The Labute approximate surface area is 124 Å². The highest BCUT2D eigenvalue weighted by Gasteiger charge is 2.19. The van der Waals surface area contributed by atoms with Crippen molar-refractivity contribution in [3.8, 4) is 0 Å². The van der Waals surface area contributed by atoms with E-state index in [1.165, 1.54) is 12.1 Å². The topological polar surface area (TPSA) is 49.8 Å². The Morgan fingerprint density at radius 3 is 2.81 bits per heavy atom. The Bertz CT molecular complexity index is 502. The molecule has 0 aromatic heterocycles. The van der Waals surface area contributed by atoms with Crippen molar-refractivity contribution in [3.05, 3.63) is 35.7 Å². The van der Waals surface area contributed by atoms with Crippen molar-refractivity contribution < 1.29 is 19.0 Å². The first-order valence-electron chi connectivity index (χ1n) is 6.96. The highest BCUT2D eigenvalue weighted by Crippen LogP contribution is 2.28. The van der Waals surface area contributed by atoms with Crippen molar-refractivity contribution in [2.24, 2.45) is 0 Å². The molecule has 0 saturated carbocycles. The summed E-state index contributed by atoms with van der Waals surface area (Å²) in [4.78, 5) is 12.6. The lowest BCUT2D eigenvalue weighted by molar-refractivity contribution is -0.131. The summed E-state index contributed by atoms with van der Waals surface area (Å²) in [6.45, 7) is 5.05. The van der Waals surface area contributed by atoms with Crippen LogP contribution in [0.25, 0.3) is 6.08 Å². The smallest absolute Gasteiger partial charge is 0.328 e. The predicted octanol–water partition coefficient (Wildman–Crippen LogP) is 3.17. The summed E-state index contributed by atoms with van der Waals surface area (Å²) < 4.78 is 19.4. The standard InChI is InChI=1S/C16H22FNO3/c1-4-12(2)18(10-11-21-3)16-13(8-9-15(19)20)6-5-7-14(16)17/h5-9,12H,4,10-11H2,1-3H3,(H,19,20)/b9-8+. The number of carboxylic acids is 1. The molecule has 0 fully saturated rings. The van der Waals surface area contributed by atoms with Crippen molar-refractivity contribution in [3.63, 3.8) is 0 Å². The third-order valence-corrected chi connectivity index (χ3v) is 3.37. The van der Waals surface area contributed by atoms with Gasteiger partial charge in [0, 0.05) is 31.3 Å². The number of halogens is 1. The first kappa shape index (κ1) is 17.2. The monoisotopic (exact) mass is 295 g/mol. The molecule has 4 nitrogen and oxygen atoms in total. The molecule has 0 aliphatic heterocycles. The lowest BCUT2D eigenvalue weighted by atomic mass is 10.1. The van der Waals surface area contributed by atoms with Crippen LogP contribution in [0.4, 0.5) is 10.1 Å². The van der Waals surface area contributed by atoms with Crippen LogP contribution in [0, 0.1) is 5.82 Å². The summed E-state index contributed by atoms with van der Waals surface area (Å²) >= 11 is 0. The SMILES string of the molecule is CCC(C)N(CCOC)c1c(F)cccc1/C=C/C(=O)O. The number of carboxylic acid groups (broad SMARTS) is 1. The van der Waals surface area contributed by atoms with Crippen molar-refractivity contribution in [2.45, 2.75) is 26.3 Å². The van der Waals surface area contributed by atoms with Gasteiger partial charge >= 0.3 is 5.97 Å². The fourth-order valence-electron chi connectivity index (χ4n) is 2.09. The first-order valence-corrected chi connectivity index (χ1v) is 6.96. The second kappa shape index (κ2) is 8.42. The maximum absolute atomic E-state index is 14.3. The van der Waals surface area contributed by atoms with Crippen LogP contribution >= 0.6 is 0 Å². The Hall–Kier alpha value is -1.88. The van der Waals surface area contributed by atoms with E-state index in [1.54, 1.807) is 19.2 Å². The van der Waals surface area contributed by atoms with Gasteiger partial charge in [-0.15, -0.1) is 0 Å². The molecule has 1 rings (SSSR count). The molecule has 1 N–H and O–H groups in total. The number of benzene rings is 1. The molecule has 5 heteroatoms. The number of para-hydroxylation sites is 1. The number of nitrogens with zero attached hydrogens (tertiary/aromatic N) is 1. The molecular weight excluding hydrogens is 273 g/mol. The predicted molar refractivity (Wildman–Crippen MR) is 82.0 cm³/mol. The highest BCUT2D eigenvalue weighted by atomic mass is 19.1. The summed E-state index contributed by atoms with van der Waals surface area (Å²) in [5, 5.41) is 8.76. The van der Waals surface area contributed by atoms with Crippen molar-refractivity contribution >= 4 is 17.7 Å². The number of methoxy groups -OCH3 is 1. The number of ether oxygens (including phenoxy) is 1. The minimum atomic E-state index is -1.06. The van der Waals surface area contributed by atoms with Crippen molar-refractivity contribution in [1.29, 1.82) is 0 Å². The molecule has 21 heavy (non-hydrogen) atoms. The van der Waals surface area contributed by atoms with E-state index in [9.17, 15) is 9.18 Å². The van der Waals surface area contributed by atoms with Crippen LogP contribution in [0.1, 0.15) is 25.8 Å². The molecule has 0 radical (unpaired) electrons. The van der Waals surface area contributed by atoms with Crippen LogP contribution in [-0.2, 0) is 9.53 Å². The molecule has 0 bridgehead atoms. The normalized spacial score (nSPS) is 12.6. The molecule has 0 saturated heterocycles. The Balaban J connectivity index is 3.24. The second-order valence-electron chi connectivity index (χ2n) is 4.79. The van der Waals surface area contributed by atoms with E-state index in [0.717, 1.165) is 12.5 Å². The largest absolute Gasteiger partial charge is 0.478 e. The van der Waals surface area contributed by atoms with Crippen LogP contribution < -0.4 is 4.90 Å². The molecule has 0 spiro atoms. The van der Waals surface area contributed by atoms with Gasteiger partial charge in [0.15, 0.2) is 0 Å². The average Bonchev–Trinajstić information content (AvgIpc) is 2.46. The third kappa shape index (κ3) is 4.86. The molecule has 116 valence electrons. The fourth-order valence-corrected chi connectivity index (χ4v) is 2.09. The summed E-state index contributed by atoms with van der Waals surface area (Å²) in [7, 11) is 1.60. The van der Waals surface area contributed by atoms with Crippen molar-refractivity contribution in [1.82, 2.24) is 0 Å². The quantitative estimate of drug-likeness (QED) is 0.748. The third-order valence-electron chi connectivity index (χ3n) is 3.37. The number of anilines is 1. The number of hydrogen-bond acceptors (Lipinski definition) is 3. The zero-order chi connectivity index (χ0) is 15.8. The minimum Gasteiger partial charge on any atom is -0.478 e. The fraction of sp³-hybridized carbons (Fsp3) is 0.438. The molecule has 1 aromatic rings. The highest BCUT2D eigenvalue weighted by molar-refractivity contribution is 5.87. The number of rotatable bonds is 8. The average molecular weight is 295 g/mol. The van der Waals surface area contributed by atoms with E-state index in [4.69, 9.17) is 9.84 Å². The molecule has 1 unspecified atom stereocenters. The minimum absolute atomic E-state index is 0.119. The lowest BCUT2D eigenvalue weighted by Crippen LogP contribution is -2.36. The van der Waals surface area contributed by atoms with Crippen LogP contribution in [0.5, 0.6) is 0 Å². The van der Waals surface area contributed by atoms with Gasteiger partial charge in [-0.1, -0.05) is 19.1 Å². The zero-order valence-electron chi connectivity index (χ0n) is 12.7. The van der Waals surface area contributed by atoms with Gasteiger partial charge in [-0.3, -0.25) is 0 Å². The molecule has 0 amide bonds. The number of hydrogen-bond donors (Lipinski definition) is 1. The number of carbonyl (C=O) groups is 1. The molecule has 0 aliphatic rings. The van der Waals surface area contributed by atoms with Crippen LogP contribution in [0.15, 0.2) is 24.3 Å². The van der Waals surface area contributed by atoms with Gasteiger partial charge in [0.05, 0.1) is 12.3 Å². The van der Waals surface area contributed by atoms with E-state index < -0.39 is 5.97 Å². The van der Waals surface area contributed by atoms with Crippen LogP contribution in [0.3, 0.4) is 0 Å². The number of aliphatic carboxylic acids is 1. The van der Waals surface area contributed by atoms with E-state index in [1.807, 2.05) is 18.7 Å². The lowest BCUT2D eigenvalue weighted by Gasteiger charge is -2.32. The molecule has 0 aliphatic carbocycles. The Morgan fingerprint density at radius 1 is 1.52 bits per heavy atom. The second-order valence-corrected chi connectivity index (χ2v) is 4.79. The maximum atomic E-state index is 14.3. The molecule has 0 heterocycles.